The molecule has 5 rings (SSSR count). The Morgan fingerprint density at radius 2 is 1.23 bits per heavy atom. The fourth-order valence-corrected chi connectivity index (χ4v) is 5.29. The normalized spacial score (nSPS) is 23.5. The summed E-state index contributed by atoms with van der Waals surface area (Å²) in [6, 6.07) is 8.23. The topological polar surface area (TPSA) is 60.6 Å². The molecule has 160 valence electrons. The Morgan fingerprint density at radius 1 is 0.833 bits per heavy atom. The van der Waals surface area contributed by atoms with Crippen molar-refractivity contribution in [2.45, 2.75) is 61.5 Å². The first-order valence-electron chi connectivity index (χ1n) is 10.7. The Hall–Kier alpha value is -1.89. The number of fused-ring (bicyclic) bond motifs is 3. The Labute approximate surface area is 180 Å². The van der Waals surface area contributed by atoms with E-state index < -0.39 is 10.8 Å². The molecule has 2 aromatic carbocycles. The molecule has 0 bridgehead atoms. The fourth-order valence-electron chi connectivity index (χ4n) is 3.84. The highest BCUT2D eigenvalue weighted by molar-refractivity contribution is 7.85. The SMILES string of the molecule is CC(C)c1cc2c(cc1OCC1CO1)-c1cc(OCC3CO3)c(C(C)C)cc1S2=O. The van der Waals surface area contributed by atoms with Crippen LogP contribution < -0.4 is 9.47 Å². The maximum atomic E-state index is 13.4. The predicted octanol–water partition coefficient (Wildman–Crippen LogP) is 4.64. The lowest BCUT2D eigenvalue weighted by molar-refractivity contribution is 0.260. The van der Waals surface area contributed by atoms with Gasteiger partial charge in [-0.1, -0.05) is 27.7 Å². The first kappa shape index (κ1) is 20.0. The molecule has 3 heterocycles. The molecule has 0 spiro atoms. The Bertz CT molecular complexity index is 926. The van der Waals surface area contributed by atoms with Crippen molar-refractivity contribution in [2.24, 2.45) is 0 Å². The van der Waals surface area contributed by atoms with Gasteiger partial charge in [-0.05, 0) is 47.2 Å². The summed E-state index contributed by atoms with van der Waals surface area (Å²) in [5.41, 5.74) is 4.12. The third-order valence-electron chi connectivity index (χ3n) is 5.81. The van der Waals surface area contributed by atoms with Crippen LogP contribution >= 0.6 is 0 Å². The molecule has 0 amide bonds. The number of benzene rings is 2. The second kappa shape index (κ2) is 7.66. The summed E-state index contributed by atoms with van der Waals surface area (Å²) >= 11 is 0. The molecule has 2 fully saturated rings. The summed E-state index contributed by atoms with van der Waals surface area (Å²) in [7, 11) is -1.20. The summed E-state index contributed by atoms with van der Waals surface area (Å²) in [5.74, 6) is 2.25. The molecular weight excluding hydrogens is 400 g/mol. The molecule has 3 aliphatic rings. The maximum absolute atomic E-state index is 13.4. The van der Waals surface area contributed by atoms with Crippen molar-refractivity contribution in [3.8, 4) is 22.6 Å². The second-order valence-corrected chi connectivity index (χ2v) is 10.3. The fraction of sp³-hybridized carbons (Fsp3) is 0.500. The van der Waals surface area contributed by atoms with E-state index >= 15 is 0 Å². The predicted molar refractivity (Wildman–Crippen MR) is 115 cm³/mol. The van der Waals surface area contributed by atoms with Crippen LogP contribution in [0.25, 0.3) is 11.1 Å². The molecule has 30 heavy (non-hydrogen) atoms. The van der Waals surface area contributed by atoms with E-state index in [2.05, 4.69) is 52.0 Å². The quantitative estimate of drug-likeness (QED) is 0.489. The minimum absolute atomic E-state index is 0.193. The molecule has 0 N–H and O–H groups in total. The molecule has 2 aromatic rings. The van der Waals surface area contributed by atoms with Crippen LogP contribution in [0, 0.1) is 0 Å². The standard InChI is InChI=1S/C24H28O5S/c1-13(2)17-7-23-19(5-21(17)28-11-15-9-26-15)20-6-22(29-12-16-10-27-16)18(14(3)4)8-24(20)30(23)25/h5-8,13-16H,9-12H2,1-4H3. The number of hydrogen-bond donors (Lipinski definition) is 0. The van der Waals surface area contributed by atoms with Gasteiger partial charge in [0.2, 0.25) is 0 Å². The van der Waals surface area contributed by atoms with Crippen molar-refractivity contribution in [1.29, 1.82) is 0 Å². The molecule has 6 heteroatoms. The van der Waals surface area contributed by atoms with Crippen LogP contribution in [0.15, 0.2) is 34.1 Å². The van der Waals surface area contributed by atoms with E-state index in [0.29, 0.717) is 13.2 Å². The van der Waals surface area contributed by atoms with E-state index in [-0.39, 0.29) is 24.0 Å². The lowest BCUT2D eigenvalue weighted by atomic mass is 9.95. The molecular formula is C24H28O5S. The maximum Gasteiger partial charge on any atom is 0.123 e. The van der Waals surface area contributed by atoms with Gasteiger partial charge in [-0.25, -0.2) is 4.21 Å². The minimum Gasteiger partial charge on any atom is -0.490 e. The van der Waals surface area contributed by atoms with Crippen molar-refractivity contribution in [3.05, 3.63) is 35.4 Å². The Kier molecular flexibility index (Phi) is 5.12. The van der Waals surface area contributed by atoms with E-state index in [1.807, 2.05) is 0 Å². The molecule has 0 saturated carbocycles. The summed E-state index contributed by atoms with van der Waals surface area (Å²) in [6.07, 6.45) is 0.385. The lowest BCUT2D eigenvalue weighted by Crippen LogP contribution is -2.07. The monoisotopic (exact) mass is 428 g/mol. The van der Waals surface area contributed by atoms with Gasteiger partial charge in [-0.15, -0.1) is 0 Å². The van der Waals surface area contributed by atoms with Crippen molar-refractivity contribution in [1.82, 2.24) is 0 Å². The number of rotatable bonds is 8. The first-order chi connectivity index (χ1) is 14.4. The largest absolute Gasteiger partial charge is 0.490 e. The van der Waals surface area contributed by atoms with Crippen LogP contribution in [-0.4, -0.2) is 42.8 Å². The van der Waals surface area contributed by atoms with Gasteiger partial charge in [0.15, 0.2) is 0 Å². The van der Waals surface area contributed by atoms with Crippen LogP contribution in [0.2, 0.25) is 0 Å². The van der Waals surface area contributed by atoms with Crippen molar-refractivity contribution in [3.63, 3.8) is 0 Å². The van der Waals surface area contributed by atoms with Gasteiger partial charge in [-0.2, -0.15) is 0 Å². The smallest absolute Gasteiger partial charge is 0.123 e. The van der Waals surface area contributed by atoms with Crippen LogP contribution in [0.1, 0.15) is 50.7 Å². The van der Waals surface area contributed by atoms with Crippen LogP contribution in [0.5, 0.6) is 11.5 Å². The van der Waals surface area contributed by atoms with Crippen molar-refractivity contribution >= 4 is 10.8 Å². The van der Waals surface area contributed by atoms with E-state index in [1.54, 1.807) is 0 Å². The lowest BCUT2D eigenvalue weighted by Gasteiger charge is -2.17. The molecule has 0 radical (unpaired) electrons. The highest BCUT2D eigenvalue weighted by Gasteiger charge is 2.32. The molecule has 0 aromatic heterocycles. The summed E-state index contributed by atoms with van der Waals surface area (Å²) < 4.78 is 36.2. The molecule has 2 atom stereocenters. The van der Waals surface area contributed by atoms with Crippen LogP contribution in [0.4, 0.5) is 0 Å². The van der Waals surface area contributed by atoms with Gasteiger partial charge in [0.25, 0.3) is 0 Å². The van der Waals surface area contributed by atoms with Gasteiger partial charge in [0.05, 0.1) is 33.8 Å². The highest BCUT2D eigenvalue weighted by atomic mass is 32.2. The molecule has 0 aliphatic carbocycles. The van der Waals surface area contributed by atoms with Gasteiger partial charge in [-0.3, -0.25) is 0 Å². The van der Waals surface area contributed by atoms with Crippen molar-refractivity contribution < 1.29 is 23.2 Å². The van der Waals surface area contributed by atoms with Gasteiger partial charge in [0.1, 0.15) is 36.9 Å². The molecule has 2 saturated heterocycles. The third-order valence-corrected chi connectivity index (χ3v) is 7.29. The molecule has 2 unspecified atom stereocenters. The average molecular weight is 429 g/mol. The second-order valence-electron chi connectivity index (χ2n) is 8.88. The first-order valence-corrected chi connectivity index (χ1v) is 11.8. The zero-order valence-electron chi connectivity index (χ0n) is 17.9. The number of ether oxygens (including phenoxy) is 4. The van der Waals surface area contributed by atoms with Crippen molar-refractivity contribution in [2.75, 3.05) is 26.4 Å². The minimum atomic E-state index is -1.20. The summed E-state index contributed by atoms with van der Waals surface area (Å²) in [6.45, 7) is 11.2. The third kappa shape index (κ3) is 3.77. The van der Waals surface area contributed by atoms with Gasteiger partial charge < -0.3 is 18.9 Å². The van der Waals surface area contributed by atoms with E-state index in [1.165, 1.54) is 0 Å². The Balaban J connectivity index is 1.57. The highest BCUT2D eigenvalue weighted by Crippen LogP contribution is 2.48. The zero-order chi connectivity index (χ0) is 21.0. The van der Waals surface area contributed by atoms with Crippen LogP contribution in [0.3, 0.4) is 0 Å². The average Bonchev–Trinajstić information content (AvgIpc) is 3.63. The number of epoxide rings is 2. The zero-order valence-corrected chi connectivity index (χ0v) is 18.7. The summed E-state index contributed by atoms with van der Waals surface area (Å²) in [5, 5.41) is 0. The summed E-state index contributed by atoms with van der Waals surface area (Å²) in [4.78, 5) is 1.72. The van der Waals surface area contributed by atoms with Crippen LogP contribution in [-0.2, 0) is 20.3 Å². The van der Waals surface area contributed by atoms with Gasteiger partial charge >= 0.3 is 0 Å². The molecule has 5 nitrogen and oxygen atoms in total. The number of hydrogen-bond acceptors (Lipinski definition) is 5. The van der Waals surface area contributed by atoms with E-state index in [4.69, 9.17) is 18.9 Å². The van der Waals surface area contributed by atoms with E-state index in [0.717, 1.165) is 56.8 Å². The molecule has 3 aliphatic heterocycles. The van der Waals surface area contributed by atoms with E-state index in [9.17, 15) is 4.21 Å². The Morgan fingerprint density at radius 3 is 1.57 bits per heavy atom. The van der Waals surface area contributed by atoms with Gasteiger partial charge in [0, 0.05) is 11.1 Å².